The van der Waals surface area contributed by atoms with E-state index in [2.05, 4.69) is 23.1 Å². The number of nitrogens with zero attached hydrogens (tertiary/aromatic N) is 2. The van der Waals surface area contributed by atoms with E-state index in [1.54, 1.807) is 0 Å². The minimum absolute atomic E-state index is 0.0634. The topological polar surface area (TPSA) is 52.8 Å². The number of carbonyl (C=O) groups is 1. The fraction of sp³-hybridized carbons (Fsp3) is 0.591. The lowest BCUT2D eigenvalue weighted by atomic mass is 9.92. The number of hydrogen-bond donors (Lipinski definition) is 1. The van der Waals surface area contributed by atoms with E-state index >= 15 is 0 Å². The molecule has 148 valence electrons. The summed E-state index contributed by atoms with van der Waals surface area (Å²) < 4.78 is 5.68. The first-order valence-electron chi connectivity index (χ1n) is 9.59. The predicted molar refractivity (Wildman–Crippen MR) is 105 cm³/mol. The highest BCUT2D eigenvalue weighted by Crippen LogP contribution is 2.48. The van der Waals surface area contributed by atoms with Crippen molar-refractivity contribution in [3.8, 4) is 0 Å². The summed E-state index contributed by atoms with van der Waals surface area (Å²) in [4.78, 5) is 15.0. The van der Waals surface area contributed by atoms with Crippen LogP contribution in [0.2, 0.25) is 0 Å². The Morgan fingerprint density at radius 1 is 1.15 bits per heavy atom. The first-order valence-corrected chi connectivity index (χ1v) is 9.59. The molecule has 5 nitrogen and oxygen atoms in total. The van der Waals surface area contributed by atoms with Gasteiger partial charge in [0.2, 0.25) is 0 Å². The van der Waals surface area contributed by atoms with Crippen molar-refractivity contribution in [2.75, 3.05) is 0 Å². The zero-order chi connectivity index (χ0) is 20.2. The van der Waals surface area contributed by atoms with E-state index in [0.717, 1.165) is 11.1 Å². The minimum Gasteiger partial charge on any atom is -0.459 e. The molecule has 3 rings (SSSR count). The van der Waals surface area contributed by atoms with Gasteiger partial charge in [0, 0.05) is 6.54 Å². The molecule has 2 aliphatic rings. The van der Waals surface area contributed by atoms with Gasteiger partial charge in [-0.15, -0.1) is 0 Å². The Labute approximate surface area is 162 Å². The summed E-state index contributed by atoms with van der Waals surface area (Å²) in [5, 5.41) is 12.1. The van der Waals surface area contributed by atoms with Gasteiger partial charge in [-0.05, 0) is 59.6 Å². The van der Waals surface area contributed by atoms with Crippen LogP contribution in [0.5, 0.6) is 0 Å². The third kappa shape index (κ3) is 3.82. The van der Waals surface area contributed by atoms with Gasteiger partial charge in [0.05, 0.1) is 17.1 Å². The number of rotatable bonds is 4. The predicted octanol–water partition coefficient (Wildman–Crippen LogP) is 3.77. The molecule has 2 aliphatic heterocycles. The molecule has 1 aromatic rings. The van der Waals surface area contributed by atoms with E-state index in [4.69, 9.17) is 4.74 Å². The normalized spacial score (nSPS) is 29.3. The Hall–Kier alpha value is -1.69. The zero-order valence-electron chi connectivity index (χ0n) is 17.5. The van der Waals surface area contributed by atoms with E-state index in [1.165, 1.54) is 5.06 Å². The number of ether oxygens (including phenoxy) is 1. The van der Waals surface area contributed by atoms with Gasteiger partial charge in [0.25, 0.3) is 0 Å². The molecule has 1 aromatic carbocycles. The van der Waals surface area contributed by atoms with Crippen molar-refractivity contribution in [1.29, 1.82) is 0 Å². The number of hydroxylamine groups is 2. The third-order valence-corrected chi connectivity index (χ3v) is 5.39. The molecule has 0 saturated carbocycles. The molecular formula is C22H32N2O3. The Balaban J connectivity index is 1.90. The molecule has 5 heteroatoms. The Morgan fingerprint density at radius 2 is 1.74 bits per heavy atom. The van der Waals surface area contributed by atoms with Crippen molar-refractivity contribution in [1.82, 2.24) is 9.96 Å². The lowest BCUT2D eigenvalue weighted by Crippen LogP contribution is -2.48. The second-order valence-electron chi connectivity index (χ2n) is 9.71. The van der Waals surface area contributed by atoms with Gasteiger partial charge in [-0.25, -0.2) is 0 Å². The summed E-state index contributed by atoms with van der Waals surface area (Å²) in [7, 11) is 0. The zero-order valence-corrected chi connectivity index (χ0v) is 17.5. The van der Waals surface area contributed by atoms with E-state index in [0.29, 0.717) is 6.54 Å². The smallest absolute Gasteiger partial charge is 0.325 e. The Kier molecular flexibility index (Phi) is 4.78. The van der Waals surface area contributed by atoms with Crippen molar-refractivity contribution in [2.45, 2.75) is 83.8 Å². The monoisotopic (exact) mass is 372 g/mol. The Morgan fingerprint density at radius 3 is 2.22 bits per heavy atom. The molecule has 3 atom stereocenters. The van der Waals surface area contributed by atoms with Crippen LogP contribution in [0.25, 0.3) is 0 Å². The van der Waals surface area contributed by atoms with Gasteiger partial charge in [-0.3, -0.25) is 9.69 Å². The van der Waals surface area contributed by atoms with Crippen molar-refractivity contribution >= 4 is 5.97 Å². The highest BCUT2D eigenvalue weighted by molar-refractivity contribution is 5.82. The van der Waals surface area contributed by atoms with Gasteiger partial charge in [0.15, 0.2) is 0 Å². The molecule has 27 heavy (non-hydrogen) atoms. The largest absolute Gasteiger partial charge is 0.459 e. The van der Waals surface area contributed by atoms with Crippen molar-refractivity contribution in [2.24, 2.45) is 0 Å². The van der Waals surface area contributed by atoms with Gasteiger partial charge in [-0.1, -0.05) is 36.4 Å². The fourth-order valence-electron chi connectivity index (χ4n) is 4.15. The second kappa shape index (κ2) is 6.43. The maximum absolute atomic E-state index is 12.9. The summed E-state index contributed by atoms with van der Waals surface area (Å²) in [5.41, 5.74) is 0.690. The summed E-state index contributed by atoms with van der Waals surface area (Å²) in [6, 6.07) is 9.75. The molecule has 0 amide bonds. The highest BCUT2D eigenvalue weighted by Gasteiger charge is 2.61. The lowest BCUT2D eigenvalue weighted by Gasteiger charge is -2.36. The van der Waals surface area contributed by atoms with Gasteiger partial charge in [0.1, 0.15) is 11.6 Å². The van der Waals surface area contributed by atoms with Crippen molar-refractivity contribution in [3.05, 3.63) is 47.5 Å². The van der Waals surface area contributed by atoms with Crippen LogP contribution in [0.15, 0.2) is 42.0 Å². The lowest BCUT2D eigenvalue weighted by molar-refractivity contribution is -0.185. The third-order valence-electron chi connectivity index (χ3n) is 5.39. The first kappa shape index (κ1) is 20.1. The van der Waals surface area contributed by atoms with Crippen LogP contribution >= 0.6 is 0 Å². The van der Waals surface area contributed by atoms with Crippen molar-refractivity contribution < 1.29 is 14.7 Å². The molecule has 1 fully saturated rings. The molecule has 1 saturated heterocycles. The van der Waals surface area contributed by atoms with Crippen LogP contribution < -0.4 is 0 Å². The van der Waals surface area contributed by atoms with Crippen LogP contribution in [-0.4, -0.2) is 49.9 Å². The second-order valence-corrected chi connectivity index (χ2v) is 9.71. The average molecular weight is 373 g/mol. The molecule has 0 aliphatic carbocycles. The number of esters is 1. The van der Waals surface area contributed by atoms with Crippen LogP contribution in [0, 0.1) is 0 Å². The molecule has 0 radical (unpaired) electrons. The summed E-state index contributed by atoms with van der Waals surface area (Å²) in [5.74, 6) is -0.200. The minimum atomic E-state index is -0.542. The first-order chi connectivity index (χ1) is 12.3. The van der Waals surface area contributed by atoms with Crippen LogP contribution in [0.4, 0.5) is 0 Å². The fourth-order valence-corrected chi connectivity index (χ4v) is 4.15. The molecule has 0 bridgehead atoms. The number of hydrogen-bond acceptors (Lipinski definition) is 5. The van der Waals surface area contributed by atoms with Crippen LogP contribution in [0.1, 0.15) is 54.0 Å². The molecule has 0 spiro atoms. The van der Waals surface area contributed by atoms with E-state index in [9.17, 15) is 10.0 Å². The maximum Gasteiger partial charge on any atom is 0.325 e. The summed E-state index contributed by atoms with van der Waals surface area (Å²) in [6.07, 6.45) is 2.10. The van der Waals surface area contributed by atoms with Gasteiger partial charge >= 0.3 is 5.97 Å². The van der Waals surface area contributed by atoms with E-state index in [1.807, 2.05) is 66.7 Å². The highest BCUT2D eigenvalue weighted by atomic mass is 16.6. The van der Waals surface area contributed by atoms with Gasteiger partial charge < -0.3 is 9.94 Å². The average Bonchev–Trinajstić information content (AvgIpc) is 3.20. The van der Waals surface area contributed by atoms with Crippen LogP contribution in [-0.2, 0) is 16.1 Å². The summed E-state index contributed by atoms with van der Waals surface area (Å²) >= 11 is 0. The molecule has 2 heterocycles. The Bertz CT molecular complexity index is 747. The van der Waals surface area contributed by atoms with Crippen molar-refractivity contribution in [3.63, 3.8) is 0 Å². The number of benzene rings is 1. The van der Waals surface area contributed by atoms with E-state index in [-0.39, 0.29) is 18.1 Å². The summed E-state index contributed by atoms with van der Waals surface area (Å²) in [6.45, 7) is 14.3. The maximum atomic E-state index is 12.9. The quantitative estimate of drug-likeness (QED) is 0.495. The standard InChI is InChI=1S/C22H32N2O3/c1-20(2,3)27-19(25)18-17(23(18)14-15-11-9-8-10-12-15)16-13-21(4,5)24(26)22(16,6)7/h8-13,17-18,26H,14H2,1-7H3/t17-,18-,23?/m1/s1. The molecular weight excluding hydrogens is 340 g/mol. The molecule has 1 unspecified atom stereocenters. The van der Waals surface area contributed by atoms with E-state index < -0.39 is 16.7 Å². The SMILES string of the molecule is CC(C)(C)OC(=O)[C@H]1[C@@H](C2=CC(C)(C)N(O)C2(C)C)N1Cc1ccccc1. The van der Waals surface area contributed by atoms with Gasteiger partial charge in [-0.2, -0.15) is 5.06 Å². The number of carbonyl (C=O) groups excluding carboxylic acids is 1. The molecule has 1 N–H and O–H groups in total. The van der Waals surface area contributed by atoms with Crippen LogP contribution in [0.3, 0.4) is 0 Å². The molecule has 0 aromatic heterocycles.